The fraction of sp³-hybridized carbons (Fsp3) is 0.462. The average molecular weight is 254 g/mol. The topological polar surface area (TPSA) is 54.4 Å². The molecular formula is C13H18O3S. The third-order valence-electron chi connectivity index (χ3n) is 2.99. The molecule has 17 heavy (non-hydrogen) atoms. The zero-order valence-corrected chi connectivity index (χ0v) is 11.4. The van der Waals surface area contributed by atoms with Crippen LogP contribution >= 0.6 is 0 Å². The van der Waals surface area contributed by atoms with Crippen LogP contribution in [-0.2, 0) is 15.6 Å². The maximum atomic E-state index is 12.3. The van der Waals surface area contributed by atoms with E-state index in [-0.39, 0.29) is 0 Å². The largest absolute Gasteiger partial charge is 0.481 e. The Morgan fingerprint density at radius 3 is 2.41 bits per heavy atom. The zero-order chi connectivity index (χ0) is 13.2. The van der Waals surface area contributed by atoms with Crippen molar-refractivity contribution in [1.29, 1.82) is 0 Å². The van der Waals surface area contributed by atoms with Gasteiger partial charge in [0.1, 0.15) is 0 Å². The number of benzene rings is 1. The van der Waals surface area contributed by atoms with E-state index in [2.05, 4.69) is 0 Å². The lowest BCUT2D eigenvalue weighted by atomic mass is 10.1. The molecule has 4 heteroatoms. The van der Waals surface area contributed by atoms with Crippen molar-refractivity contribution in [2.45, 2.75) is 37.8 Å². The summed E-state index contributed by atoms with van der Waals surface area (Å²) in [6, 6.07) is 5.75. The van der Waals surface area contributed by atoms with Gasteiger partial charge in [0.05, 0.1) is 16.7 Å². The minimum Gasteiger partial charge on any atom is -0.481 e. The van der Waals surface area contributed by atoms with Crippen LogP contribution in [-0.4, -0.2) is 20.5 Å². The van der Waals surface area contributed by atoms with Crippen LogP contribution < -0.4 is 0 Å². The van der Waals surface area contributed by atoms with Gasteiger partial charge in [0, 0.05) is 10.1 Å². The molecule has 3 unspecified atom stereocenters. The summed E-state index contributed by atoms with van der Waals surface area (Å²) in [7, 11) is -1.28. The minimum absolute atomic E-state index is 0.395. The molecule has 0 aliphatic rings. The fourth-order valence-electron chi connectivity index (χ4n) is 1.51. The first-order valence-electron chi connectivity index (χ1n) is 5.55. The van der Waals surface area contributed by atoms with Gasteiger partial charge >= 0.3 is 5.97 Å². The van der Waals surface area contributed by atoms with E-state index >= 15 is 0 Å². The maximum absolute atomic E-state index is 12.3. The minimum atomic E-state index is -1.28. The second-order valence-corrected chi connectivity index (χ2v) is 6.18. The van der Waals surface area contributed by atoms with Gasteiger partial charge in [-0.05, 0) is 38.0 Å². The van der Waals surface area contributed by atoms with E-state index in [0.29, 0.717) is 0 Å². The first-order chi connectivity index (χ1) is 7.84. The highest BCUT2D eigenvalue weighted by molar-refractivity contribution is 7.85. The Bertz CT molecular complexity index is 454. The maximum Gasteiger partial charge on any atom is 0.307 e. The standard InChI is InChI=1S/C13H18O3S/c1-8-5-6-9(2)12(7-8)17(16)11(4)10(3)13(14)15/h5-7,10-11H,1-4H3,(H,14,15). The molecule has 0 bridgehead atoms. The van der Waals surface area contributed by atoms with E-state index in [1.807, 2.05) is 32.0 Å². The summed E-state index contributed by atoms with van der Waals surface area (Å²) in [6.07, 6.45) is 0. The van der Waals surface area contributed by atoms with E-state index in [9.17, 15) is 9.00 Å². The molecule has 94 valence electrons. The number of aryl methyl sites for hydroxylation is 2. The summed E-state index contributed by atoms with van der Waals surface area (Å²) < 4.78 is 12.3. The van der Waals surface area contributed by atoms with Gasteiger partial charge in [0.15, 0.2) is 0 Å². The van der Waals surface area contributed by atoms with E-state index in [1.165, 1.54) is 0 Å². The van der Waals surface area contributed by atoms with Crippen molar-refractivity contribution in [3.05, 3.63) is 29.3 Å². The number of carbonyl (C=O) groups is 1. The quantitative estimate of drug-likeness (QED) is 0.898. The summed E-state index contributed by atoms with van der Waals surface area (Å²) in [5.41, 5.74) is 1.98. The molecular weight excluding hydrogens is 236 g/mol. The molecule has 0 amide bonds. The predicted octanol–water partition coefficient (Wildman–Crippen LogP) is 2.52. The molecule has 0 spiro atoms. The van der Waals surface area contributed by atoms with Crippen molar-refractivity contribution < 1.29 is 14.1 Å². The number of hydrogen-bond acceptors (Lipinski definition) is 2. The molecule has 0 aliphatic heterocycles. The van der Waals surface area contributed by atoms with Gasteiger partial charge in [0.25, 0.3) is 0 Å². The van der Waals surface area contributed by atoms with E-state index in [0.717, 1.165) is 16.0 Å². The summed E-state index contributed by atoms with van der Waals surface area (Å²) in [5.74, 6) is -1.52. The van der Waals surface area contributed by atoms with Crippen LogP contribution in [0.4, 0.5) is 0 Å². The lowest BCUT2D eigenvalue weighted by Gasteiger charge is -2.17. The molecule has 0 saturated carbocycles. The first kappa shape index (κ1) is 13.9. The van der Waals surface area contributed by atoms with Gasteiger partial charge in [0.2, 0.25) is 0 Å². The van der Waals surface area contributed by atoms with Crippen LogP contribution in [0.15, 0.2) is 23.1 Å². The zero-order valence-electron chi connectivity index (χ0n) is 10.6. The molecule has 1 aromatic rings. The van der Waals surface area contributed by atoms with E-state index < -0.39 is 27.9 Å². The summed E-state index contributed by atoms with van der Waals surface area (Å²) in [5, 5.41) is 8.54. The highest BCUT2D eigenvalue weighted by Crippen LogP contribution is 2.21. The highest BCUT2D eigenvalue weighted by atomic mass is 32.2. The number of hydrogen-bond donors (Lipinski definition) is 1. The van der Waals surface area contributed by atoms with Crippen molar-refractivity contribution in [1.82, 2.24) is 0 Å². The SMILES string of the molecule is Cc1ccc(C)c(S(=O)C(C)C(C)C(=O)O)c1. The molecule has 0 fully saturated rings. The Morgan fingerprint density at radius 2 is 1.88 bits per heavy atom. The molecule has 1 N–H and O–H groups in total. The Hall–Kier alpha value is -1.16. The van der Waals surface area contributed by atoms with Gasteiger partial charge in [-0.3, -0.25) is 9.00 Å². The van der Waals surface area contributed by atoms with Crippen LogP contribution in [0.1, 0.15) is 25.0 Å². The van der Waals surface area contributed by atoms with E-state index in [1.54, 1.807) is 13.8 Å². The van der Waals surface area contributed by atoms with Crippen LogP contribution in [0, 0.1) is 19.8 Å². The van der Waals surface area contributed by atoms with Crippen LogP contribution in [0.25, 0.3) is 0 Å². The summed E-state index contributed by atoms with van der Waals surface area (Å²) in [4.78, 5) is 11.6. The third kappa shape index (κ3) is 3.16. The van der Waals surface area contributed by atoms with Gasteiger partial charge in [-0.15, -0.1) is 0 Å². The average Bonchev–Trinajstić information content (AvgIpc) is 2.29. The molecule has 0 saturated heterocycles. The molecule has 1 rings (SSSR count). The van der Waals surface area contributed by atoms with Crippen molar-refractivity contribution in [3.63, 3.8) is 0 Å². The predicted molar refractivity (Wildman–Crippen MR) is 68.6 cm³/mol. The number of aliphatic carboxylic acids is 1. The third-order valence-corrected chi connectivity index (χ3v) is 4.95. The van der Waals surface area contributed by atoms with Crippen molar-refractivity contribution in [3.8, 4) is 0 Å². The number of rotatable bonds is 4. The molecule has 0 radical (unpaired) electrons. The highest BCUT2D eigenvalue weighted by Gasteiger charge is 2.26. The molecule has 0 aliphatic carbocycles. The van der Waals surface area contributed by atoms with Crippen LogP contribution in [0.3, 0.4) is 0 Å². The molecule has 3 atom stereocenters. The van der Waals surface area contributed by atoms with Gasteiger partial charge in [-0.1, -0.05) is 19.1 Å². The monoisotopic (exact) mass is 254 g/mol. The van der Waals surface area contributed by atoms with Gasteiger partial charge in [-0.2, -0.15) is 0 Å². The molecule has 3 nitrogen and oxygen atoms in total. The Kier molecular flexibility index (Phi) is 4.46. The van der Waals surface area contributed by atoms with Gasteiger partial charge in [-0.25, -0.2) is 0 Å². The smallest absolute Gasteiger partial charge is 0.307 e. The molecule has 1 aromatic carbocycles. The summed E-state index contributed by atoms with van der Waals surface area (Å²) >= 11 is 0. The molecule has 0 aromatic heterocycles. The van der Waals surface area contributed by atoms with Crippen LogP contribution in [0.5, 0.6) is 0 Å². The van der Waals surface area contributed by atoms with Crippen molar-refractivity contribution >= 4 is 16.8 Å². The lowest BCUT2D eigenvalue weighted by molar-refractivity contribution is -0.141. The fourth-order valence-corrected chi connectivity index (χ4v) is 3.09. The number of carboxylic acid groups (broad SMARTS) is 1. The van der Waals surface area contributed by atoms with Crippen LogP contribution in [0.2, 0.25) is 0 Å². The Balaban J connectivity index is 3.04. The van der Waals surface area contributed by atoms with Crippen molar-refractivity contribution in [2.75, 3.05) is 0 Å². The van der Waals surface area contributed by atoms with Crippen molar-refractivity contribution in [2.24, 2.45) is 5.92 Å². The number of carboxylic acids is 1. The second kappa shape index (κ2) is 5.45. The molecule has 0 heterocycles. The Morgan fingerprint density at radius 1 is 1.29 bits per heavy atom. The normalized spacial score (nSPS) is 16.2. The Labute approximate surface area is 104 Å². The first-order valence-corrected chi connectivity index (χ1v) is 6.76. The van der Waals surface area contributed by atoms with E-state index in [4.69, 9.17) is 5.11 Å². The second-order valence-electron chi connectivity index (χ2n) is 4.40. The lowest BCUT2D eigenvalue weighted by Crippen LogP contribution is -2.27. The summed E-state index contributed by atoms with van der Waals surface area (Å²) in [6.45, 7) is 7.14. The van der Waals surface area contributed by atoms with Gasteiger partial charge < -0.3 is 5.11 Å².